The van der Waals surface area contributed by atoms with Gasteiger partial charge in [-0.3, -0.25) is 9.78 Å². The summed E-state index contributed by atoms with van der Waals surface area (Å²) in [6, 6.07) is 5.79. The third kappa shape index (κ3) is 4.29. The molecule has 0 spiro atoms. The molecule has 0 aromatic carbocycles. The van der Waals surface area contributed by atoms with E-state index in [-0.39, 0.29) is 18.1 Å². The van der Waals surface area contributed by atoms with Gasteiger partial charge in [0.1, 0.15) is 6.10 Å². The third-order valence-corrected chi connectivity index (χ3v) is 3.14. The standard InChI is InChI=1S/C14H21N3O2/c1-11-9-17(2)10-13(19-11)14(18)16-8-6-12-5-3-4-7-15-12/h3-5,7,11,13H,6,8-10H2,1-2H3,(H,16,18). The predicted octanol–water partition coefficient (Wildman–Crippen LogP) is 0.459. The van der Waals surface area contributed by atoms with Crippen LogP contribution in [0.2, 0.25) is 0 Å². The number of aromatic nitrogens is 1. The lowest BCUT2D eigenvalue weighted by Crippen LogP contribution is -2.51. The number of carbonyl (C=O) groups excluding carboxylic acids is 1. The Morgan fingerprint density at radius 3 is 3.05 bits per heavy atom. The van der Waals surface area contributed by atoms with E-state index in [4.69, 9.17) is 4.74 Å². The molecule has 1 aromatic heterocycles. The molecular formula is C14H21N3O2. The van der Waals surface area contributed by atoms with Gasteiger partial charge in [-0.25, -0.2) is 0 Å². The molecule has 2 heterocycles. The van der Waals surface area contributed by atoms with Gasteiger partial charge in [0.25, 0.3) is 5.91 Å². The van der Waals surface area contributed by atoms with Gasteiger partial charge in [-0.05, 0) is 26.1 Å². The van der Waals surface area contributed by atoms with Crippen LogP contribution in [-0.2, 0) is 16.0 Å². The van der Waals surface area contributed by atoms with Gasteiger partial charge in [-0.1, -0.05) is 6.07 Å². The van der Waals surface area contributed by atoms with Crippen molar-refractivity contribution < 1.29 is 9.53 Å². The number of nitrogens with zero attached hydrogens (tertiary/aromatic N) is 2. The third-order valence-electron chi connectivity index (χ3n) is 3.14. The number of hydrogen-bond acceptors (Lipinski definition) is 4. The maximum atomic E-state index is 12.0. The van der Waals surface area contributed by atoms with Crippen molar-refractivity contribution in [1.82, 2.24) is 15.2 Å². The van der Waals surface area contributed by atoms with Gasteiger partial charge in [-0.15, -0.1) is 0 Å². The highest BCUT2D eigenvalue weighted by Crippen LogP contribution is 2.09. The van der Waals surface area contributed by atoms with Gasteiger partial charge in [0, 0.05) is 37.9 Å². The molecule has 5 nitrogen and oxygen atoms in total. The number of amides is 1. The van der Waals surface area contributed by atoms with Crippen LogP contribution < -0.4 is 5.32 Å². The Bertz CT molecular complexity index is 400. The second-order valence-electron chi connectivity index (χ2n) is 5.02. The SMILES string of the molecule is CC1CN(C)CC(C(=O)NCCc2ccccn2)O1. The highest BCUT2D eigenvalue weighted by Gasteiger charge is 2.28. The lowest BCUT2D eigenvalue weighted by atomic mass is 10.2. The molecule has 1 aliphatic rings. The van der Waals surface area contributed by atoms with Gasteiger partial charge in [0.2, 0.25) is 0 Å². The first kappa shape index (κ1) is 14.0. The van der Waals surface area contributed by atoms with Crippen LogP contribution in [0.3, 0.4) is 0 Å². The Morgan fingerprint density at radius 1 is 1.53 bits per heavy atom. The van der Waals surface area contributed by atoms with Crippen molar-refractivity contribution in [2.75, 3.05) is 26.7 Å². The van der Waals surface area contributed by atoms with Gasteiger partial charge < -0.3 is 15.0 Å². The van der Waals surface area contributed by atoms with Crippen molar-refractivity contribution >= 4 is 5.91 Å². The van der Waals surface area contributed by atoms with Gasteiger partial charge >= 0.3 is 0 Å². The minimum Gasteiger partial charge on any atom is -0.363 e. The first-order valence-corrected chi connectivity index (χ1v) is 6.67. The summed E-state index contributed by atoms with van der Waals surface area (Å²) in [5.74, 6) is -0.0330. The number of likely N-dealkylation sites (N-methyl/N-ethyl adjacent to an activating group) is 1. The number of pyridine rings is 1. The van der Waals surface area contributed by atoms with Crippen molar-refractivity contribution in [3.05, 3.63) is 30.1 Å². The van der Waals surface area contributed by atoms with E-state index in [9.17, 15) is 4.79 Å². The monoisotopic (exact) mass is 263 g/mol. The quantitative estimate of drug-likeness (QED) is 0.857. The highest BCUT2D eigenvalue weighted by molar-refractivity contribution is 5.81. The molecule has 5 heteroatoms. The fourth-order valence-corrected chi connectivity index (χ4v) is 2.28. The van der Waals surface area contributed by atoms with Crippen LogP contribution in [0.5, 0.6) is 0 Å². The van der Waals surface area contributed by atoms with Crippen LogP contribution in [0.1, 0.15) is 12.6 Å². The number of carbonyl (C=O) groups is 1. The lowest BCUT2D eigenvalue weighted by molar-refractivity contribution is -0.144. The van der Waals surface area contributed by atoms with Crippen LogP contribution in [0.15, 0.2) is 24.4 Å². The smallest absolute Gasteiger partial charge is 0.250 e. The van der Waals surface area contributed by atoms with Crippen molar-refractivity contribution in [2.24, 2.45) is 0 Å². The molecule has 0 aliphatic carbocycles. The summed E-state index contributed by atoms with van der Waals surface area (Å²) in [5.41, 5.74) is 0.984. The van der Waals surface area contributed by atoms with E-state index < -0.39 is 0 Å². The molecule has 2 unspecified atom stereocenters. The van der Waals surface area contributed by atoms with Gasteiger partial charge in [-0.2, -0.15) is 0 Å². The van der Waals surface area contributed by atoms with Crippen LogP contribution >= 0.6 is 0 Å². The first-order valence-electron chi connectivity index (χ1n) is 6.67. The van der Waals surface area contributed by atoms with E-state index in [2.05, 4.69) is 15.2 Å². The van der Waals surface area contributed by atoms with Crippen molar-refractivity contribution in [2.45, 2.75) is 25.6 Å². The normalized spacial score (nSPS) is 24.1. The van der Waals surface area contributed by atoms with Gasteiger partial charge in [0.15, 0.2) is 0 Å². The molecule has 1 saturated heterocycles. The molecule has 104 valence electrons. The molecule has 1 N–H and O–H groups in total. The first-order chi connectivity index (χ1) is 9.15. The van der Waals surface area contributed by atoms with Crippen molar-refractivity contribution in [1.29, 1.82) is 0 Å². The summed E-state index contributed by atoms with van der Waals surface area (Å²) in [4.78, 5) is 18.3. The number of nitrogens with one attached hydrogen (secondary N) is 1. The predicted molar refractivity (Wildman–Crippen MR) is 72.8 cm³/mol. The van der Waals surface area contributed by atoms with E-state index in [1.807, 2.05) is 32.2 Å². The van der Waals surface area contributed by atoms with E-state index in [0.717, 1.165) is 18.7 Å². The van der Waals surface area contributed by atoms with Crippen LogP contribution in [0.4, 0.5) is 0 Å². The minimum atomic E-state index is -0.363. The molecule has 1 aromatic rings. The maximum Gasteiger partial charge on any atom is 0.250 e. The van der Waals surface area contributed by atoms with Crippen LogP contribution in [-0.4, -0.2) is 54.7 Å². The lowest BCUT2D eigenvalue weighted by Gasteiger charge is -2.33. The zero-order valence-corrected chi connectivity index (χ0v) is 11.5. The highest BCUT2D eigenvalue weighted by atomic mass is 16.5. The van der Waals surface area contributed by atoms with Crippen LogP contribution in [0, 0.1) is 0 Å². The molecule has 2 rings (SSSR count). The summed E-state index contributed by atoms with van der Waals surface area (Å²) in [7, 11) is 2.01. The number of morpholine rings is 1. The molecule has 1 amide bonds. The Kier molecular flexibility index (Phi) is 4.87. The zero-order valence-electron chi connectivity index (χ0n) is 11.5. The summed E-state index contributed by atoms with van der Waals surface area (Å²) < 4.78 is 5.65. The number of ether oxygens (including phenoxy) is 1. The van der Waals surface area contributed by atoms with Crippen LogP contribution in [0.25, 0.3) is 0 Å². The molecule has 1 fully saturated rings. The average Bonchev–Trinajstić information content (AvgIpc) is 2.38. The molecule has 0 saturated carbocycles. The Labute approximate surface area is 114 Å². The van der Waals surface area contributed by atoms with Crippen molar-refractivity contribution in [3.8, 4) is 0 Å². The zero-order chi connectivity index (χ0) is 13.7. The Balaban J connectivity index is 1.75. The van der Waals surface area contributed by atoms with E-state index >= 15 is 0 Å². The topological polar surface area (TPSA) is 54.5 Å². The number of rotatable bonds is 4. The summed E-state index contributed by atoms with van der Waals surface area (Å²) >= 11 is 0. The minimum absolute atomic E-state index is 0.0330. The summed E-state index contributed by atoms with van der Waals surface area (Å²) in [5, 5.41) is 2.91. The fourth-order valence-electron chi connectivity index (χ4n) is 2.28. The maximum absolute atomic E-state index is 12.0. The Morgan fingerprint density at radius 2 is 2.37 bits per heavy atom. The molecule has 2 atom stereocenters. The van der Waals surface area contributed by atoms with E-state index in [1.165, 1.54) is 0 Å². The van der Waals surface area contributed by atoms with Crippen molar-refractivity contribution in [3.63, 3.8) is 0 Å². The molecule has 0 bridgehead atoms. The Hall–Kier alpha value is -1.46. The molecule has 1 aliphatic heterocycles. The second-order valence-corrected chi connectivity index (χ2v) is 5.02. The summed E-state index contributed by atoms with van der Waals surface area (Å²) in [6.45, 7) is 4.11. The second kappa shape index (κ2) is 6.63. The molecular weight excluding hydrogens is 242 g/mol. The largest absolute Gasteiger partial charge is 0.363 e. The fraction of sp³-hybridized carbons (Fsp3) is 0.571. The average molecular weight is 263 g/mol. The van der Waals surface area contributed by atoms with E-state index in [1.54, 1.807) is 6.20 Å². The molecule has 0 radical (unpaired) electrons. The van der Waals surface area contributed by atoms with Gasteiger partial charge in [0.05, 0.1) is 6.10 Å². The number of hydrogen-bond donors (Lipinski definition) is 1. The van der Waals surface area contributed by atoms with E-state index in [0.29, 0.717) is 13.1 Å². The summed E-state index contributed by atoms with van der Waals surface area (Å²) in [6.07, 6.45) is 2.24. The molecule has 19 heavy (non-hydrogen) atoms.